The van der Waals surface area contributed by atoms with E-state index < -0.39 is 46.5 Å². The van der Waals surface area contributed by atoms with Crippen molar-refractivity contribution in [1.29, 1.82) is 0 Å². The first-order chi connectivity index (χ1) is 14.1. The summed E-state index contributed by atoms with van der Waals surface area (Å²) in [4.78, 5) is 0. The van der Waals surface area contributed by atoms with Crippen LogP contribution >= 0.6 is 0 Å². The molecule has 0 saturated heterocycles. The van der Waals surface area contributed by atoms with Crippen LogP contribution in [0.4, 0.5) is 30.7 Å². The lowest BCUT2D eigenvalue weighted by Gasteiger charge is -2.20. The van der Waals surface area contributed by atoms with Gasteiger partial charge in [-0.25, -0.2) is 22.0 Å². The molecule has 0 heterocycles. The van der Waals surface area contributed by atoms with Crippen LogP contribution in [0, 0.1) is 29.1 Å². The molecule has 9 heteroatoms. The van der Waals surface area contributed by atoms with Gasteiger partial charge in [0.25, 0.3) is 0 Å². The zero-order valence-electron chi connectivity index (χ0n) is 15.3. The van der Waals surface area contributed by atoms with Crippen LogP contribution in [0.3, 0.4) is 0 Å². The predicted molar refractivity (Wildman–Crippen MR) is 95.0 cm³/mol. The molecular formula is C21H13F7O2. The average Bonchev–Trinajstić information content (AvgIpc) is 2.65. The normalized spacial score (nSPS) is 12.0. The van der Waals surface area contributed by atoms with Crippen molar-refractivity contribution in [3.8, 4) is 11.5 Å². The van der Waals surface area contributed by atoms with Gasteiger partial charge in [0, 0.05) is 17.5 Å². The number of allylic oxidation sites excluding steroid dienone is 1. The molecule has 0 saturated carbocycles. The summed E-state index contributed by atoms with van der Waals surface area (Å²) >= 11 is 0. The van der Waals surface area contributed by atoms with Gasteiger partial charge in [-0.05, 0) is 36.6 Å². The van der Waals surface area contributed by atoms with Crippen LogP contribution in [-0.4, -0.2) is 6.61 Å². The van der Waals surface area contributed by atoms with Gasteiger partial charge in [-0.2, -0.15) is 8.78 Å². The SMILES string of the molecule is CC=CCOc1cc(F)c(C(F)(F)Oc2ccc3c(F)c(F)c(F)cc3c2)c(F)c1. The third-order valence-corrected chi connectivity index (χ3v) is 4.08. The lowest BCUT2D eigenvalue weighted by molar-refractivity contribution is -0.189. The van der Waals surface area contributed by atoms with E-state index in [1.807, 2.05) is 0 Å². The Morgan fingerprint density at radius 1 is 0.833 bits per heavy atom. The second-order valence-electron chi connectivity index (χ2n) is 6.13. The molecule has 0 radical (unpaired) electrons. The molecule has 3 aromatic rings. The molecule has 0 amide bonds. The molecular weight excluding hydrogens is 417 g/mol. The van der Waals surface area contributed by atoms with Crippen molar-refractivity contribution in [2.45, 2.75) is 13.0 Å². The Morgan fingerprint density at radius 3 is 2.13 bits per heavy atom. The van der Waals surface area contributed by atoms with E-state index >= 15 is 0 Å². The smallest absolute Gasteiger partial charge is 0.432 e. The van der Waals surface area contributed by atoms with E-state index in [9.17, 15) is 30.7 Å². The minimum Gasteiger partial charge on any atom is -0.489 e. The summed E-state index contributed by atoms with van der Waals surface area (Å²) in [5.41, 5.74) is -1.67. The van der Waals surface area contributed by atoms with Crippen molar-refractivity contribution < 1.29 is 40.2 Å². The Balaban J connectivity index is 1.93. The van der Waals surface area contributed by atoms with Crippen molar-refractivity contribution >= 4 is 10.8 Å². The highest BCUT2D eigenvalue weighted by Crippen LogP contribution is 2.37. The molecule has 3 rings (SSSR count). The van der Waals surface area contributed by atoms with Crippen LogP contribution in [0.2, 0.25) is 0 Å². The van der Waals surface area contributed by atoms with Gasteiger partial charge in [-0.1, -0.05) is 12.2 Å². The van der Waals surface area contributed by atoms with E-state index in [-0.39, 0.29) is 23.1 Å². The quantitative estimate of drug-likeness (QED) is 0.249. The third-order valence-electron chi connectivity index (χ3n) is 4.08. The van der Waals surface area contributed by atoms with Gasteiger partial charge in [0.1, 0.15) is 35.3 Å². The van der Waals surface area contributed by atoms with Crippen LogP contribution in [0.25, 0.3) is 10.8 Å². The summed E-state index contributed by atoms with van der Waals surface area (Å²) in [5.74, 6) is -8.94. The van der Waals surface area contributed by atoms with Gasteiger partial charge in [0.2, 0.25) is 0 Å². The first-order valence-electron chi connectivity index (χ1n) is 8.51. The maximum absolute atomic E-state index is 14.5. The molecule has 0 fully saturated rings. The van der Waals surface area contributed by atoms with Crippen molar-refractivity contribution in [3.05, 3.63) is 83.2 Å². The standard InChI is InChI=1S/C21H13F7O2/c1-2-3-6-29-13-9-15(22)18(16(23)10-13)21(27,28)30-12-4-5-14-11(7-12)8-17(24)20(26)19(14)25/h2-5,7-10H,6H2,1H3. The molecule has 0 aromatic heterocycles. The van der Waals surface area contributed by atoms with Crippen LogP contribution in [-0.2, 0) is 6.11 Å². The number of alkyl halides is 2. The number of hydrogen-bond donors (Lipinski definition) is 0. The average molecular weight is 430 g/mol. The molecule has 3 aromatic carbocycles. The third kappa shape index (κ3) is 4.19. The monoisotopic (exact) mass is 430 g/mol. The summed E-state index contributed by atoms with van der Waals surface area (Å²) in [7, 11) is 0. The lowest BCUT2D eigenvalue weighted by Crippen LogP contribution is -2.25. The first-order valence-corrected chi connectivity index (χ1v) is 8.51. The number of rotatable bonds is 6. The van der Waals surface area contributed by atoms with E-state index in [4.69, 9.17) is 4.74 Å². The van der Waals surface area contributed by atoms with Crippen molar-refractivity contribution in [2.24, 2.45) is 0 Å². The van der Waals surface area contributed by atoms with Gasteiger partial charge in [0.15, 0.2) is 17.5 Å². The minimum atomic E-state index is -4.47. The molecule has 30 heavy (non-hydrogen) atoms. The minimum absolute atomic E-state index is 0.0214. The van der Waals surface area contributed by atoms with Crippen LogP contribution in [0.5, 0.6) is 11.5 Å². The summed E-state index contributed by atoms with van der Waals surface area (Å²) in [6, 6.07) is 4.24. The topological polar surface area (TPSA) is 18.5 Å². The van der Waals surface area contributed by atoms with Gasteiger partial charge in [0.05, 0.1) is 0 Å². The number of ether oxygens (including phenoxy) is 2. The van der Waals surface area contributed by atoms with E-state index in [1.54, 1.807) is 19.1 Å². The molecule has 158 valence electrons. The van der Waals surface area contributed by atoms with E-state index in [2.05, 4.69) is 4.74 Å². The highest BCUT2D eigenvalue weighted by molar-refractivity contribution is 5.84. The second kappa shape index (κ2) is 8.25. The van der Waals surface area contributed by atoms with Gasteiger partial charge >= 0.3 is 6.11 Å². The molecule has 0 atom stereocenters. The second-order valence-corrected chi connectivity index (χ2v) is 6.13. The Morgan fingerprint density at radius 2 is 1.50 bits per heavy atom. The zero-order chi connectivity index (χ0) is 22.1. The summed E-state index contributed by atoms with van der Waals surface area (Å²) in [5, 5.41) is -0.669. The molecule has 0 aliphatic carbocycles. The highest BCUT2D eigenvalue weighted by Gasteiger charge is 2.41. The Kier molecular flexibility index (Phi) is 5.91. The van der Waals surface area contributed by atoms with E-state index in [1.165, 1.54) is 0 Å². The Labute approximate surface area is 166 Å². The van der Waals surface area contributed by atoms with Crippen LogP contribution < -0.4 is 9.47 Å². The largest absolute Gasteiger partial charge is 0.489 e. The fourth-order valence-corrected chi connectivity index (χ4v) is 2.70. The molecule has 0 bridgehead atoms. The van der Waals surface area contributed by atoms with Crippen LogP contribution in [0.1, 0.15) is 12.5 Å². The van der Waals surface area contributed by atoms with Gasteiger partial charge in [-0.15, -0.1) is 0 Å². The summed E-state index contributed by atoms with van der Waals surface area (Å²) in [6.45, 7) is 1.67. The van der Waals surface area contributed by atoms with Crippen molar-refractivity contribution in [2.75, 3.05) is 6.61 Å². The molecule has 0 aliphatic rings. The number of benzene rings is 3. The van der Waals surface area contributed by atoms with Crippen molar-refractivity contribution in [1.82, 2.24) is 0 Å². The zero-order valence-corrected chi connectivity index (χ0v) is 15.3. The fraction of sp³-hybridized carbons (Fsp3) is 0.143. The highest BCUT2D eigenvalue weighted by atomic mass is 19.3. The van der Waals surface area contributed by atoms with Crippen molar-refractivity contribution in [3.63, 3.8) is 0 Å². The summed E-state index contributed by atoms with van der Waals surface area (Å²) in [6.07, 6.45) is -1.31. The maximum Gasteiger partial charge on any atom is 0.432 e. The molecule has 2 nitrogen and oxygen atoms in total. The number of hydrogen-bond acceptors (Lipinski definition) is 2. The van der Waals surface area contributed by atoms with Gasteiger partial charge < -0.3 is 9.47 Å². The fourth-order valence-electron chi connectivity index (χ4n) is 2.70. The van der Waals surface area contributed by atoms with Crippen LogP contribution in [0.15, 0.2) is 48.6 Å². The number of fused-ring (bicyclic) bond motifs is 1. The van der Waals surface area contributed by atoms with Gasteiger partial charge in [-0.3, -0.25) is 0 Å². The molecule has 0 unspecified atom stereocenters. The van der Waals surface area contributed by atoms with E-state index in [0.717, 1.165) is 18.2 Å². The first kappa shape index (κ1) is 21.5. The molecule has 0 spiro atoms. The van der Waals surface area contributed by atoms with E-state index in [0.29, 0.717) is 18.2 Å². The summed E-state index contributed by atoms with van der Waals surface area (Å²) < 4.78 is 107. The molecule has 0 N–H and O–H groups in total. The lowest BCUT2D eigenvalue weighted by atomic mass is 10.1. The molecule has 0 aliphatic heterocycles. The Bertz CT molecular complexity index is 1100. The maximum atomic E-state index is 14.5. The number of halogens is 7. The predicted octanol–water partition coefficient (Wildman–Crippen LogP) is 6.62. The Hall–Kier alpha value is -3.23.